The Balaban J connectivity index is 2.22. The minimum atomic E-state index is -0.521. The number of nitrogens with one attached hydrogen (secondary N) is 2. The number of esters is 1. The number of carbonyl (C=O) groups is 2. The van der Waals surface area contributed by atoms with E-state index in [1.54, 1.807) is 18.7 Å². The van der Waals surface area contributed by atoms with Gasteiger partial charge in [0.25, 0.3) is 0 Å². The molecule has 0 saturated carbocycles. The minimum Gasteiger partial charge on any atom is -0.461 e. The fraction of sp³-hybridized carbons (Fsp3) is 0.375. The second-order valence-corrected chi connectivity index (χ2v) is 7.27. The van der Waals surface area contributed by atoms with E-state index < -0.39 is 12.0 Å². The topological polar surface area (TPSA) is 67.4 Å². The van der Waals surface area contributed by atoms with Crippen LogP contribution in [0.5, 0.6) is 0 Å². The predicted octanol–water partition coefficient (Wildman–Crippen LogP) is 3.37. The number of ether oxygens (including phenoxy) is 1. The molecule has 0 radical (unpaired) electrons. The highest BCUT2D eigenvalue weighted by molar-refractivity contribution is 9.10. The quantitative estimate of drug-likeness (QED) is 0.569. The average Bonchev–Trinajstić information content (AvgIpc) is 2.50. The van der Waals surface area contributed by atoms with Crippen LogP contribution < -0.4 is 10.6 Å². The highest BCUT2D eigenvalue weighted by Crippen LogP contribution is 2.29. The molecule has 1 aliphatic rings. The summed E-state index contributed by atoms with van der Waals surface area (Å²) in [4.78, 5) is 24.2. The largest absolute Gasteiger partial charge is 0.461 e. The van der Waals surface area contributed by atoms with Crippen molar-refractivity contribution in [2.45, 2.75) is 19.9 Å². The van der Waals surface area contributed by atoms with Crippen LogP contribution in [0.1, 0.15) is 25.5 Å². The molecule has 0 saturated heterocycles. The van der Waals surface area contributed by atoms with E-state index in [-0.39, 0.29) is 6.03 Å². The van der Waals surface area contributed by atoms with Crippen molar-refractivity contribution in [2.24, 2.45) is 0 Å². The van der Waals surface area contributed by atoms with Crippen molar-refractivity contribution < 1.29 is 14.3 Å². The molecule has 2 amide bonds. The Morgan fingerprint density at radius 2 is 2.22 bits per heavy atom. The molecule has 1 aromatic rings. The van der Waals surface area contributed by atoms with Crippen molar-refractivity contribution in [3.8, 4) is 0 Å². The third-order valence-corrected chi connectivity index (χ3v) is 4.69. The van der Waals surface area contributed by atoms with Crippen molar-refractivity contribution in [3.05, 3.63) is 45.6 Å². The van der Waals surface area contributed by atoms with E-state index in [4.69, 9.17) is 4.74 Å². The van der Waals surface area contributed by atoms with Crippen molar-refractivity contribution in [1.82, 2.24) is 10.6 Å². The van der Waals surface area contributed by atoms with Crippen LogP contribution in [0, 0.1) is 0 Å². The van der Waals surface area contributed by atoms with Crippen LogP contribution in [-0.4, -0.2) is 30.1 Å². The van der Waals surface area contributed by atoms with E-state index >= 15 is 0 Å². The van der Waals surface area contributed by atoms with Gasteiger partial charge in [0.2, 0.25) is 0 Å². The van der Waals surface area contributed by atoms with Gasteiger partial charge in [-0.1, -0.05) is 35.0 Å². The molecule has 0 unspecified atom stereocenters. The molecule has 124 valence electrons. The Morgan fingerprint density at radius 3 is 2.91 bits per heavy atom. The normalized spacial score (nSPS) is 17.5. The third-order valence-electron chi connectivity index (χ3n) is 3.34. The second-order valence-electron chi connectivity index (χ2n) is 4.96. The molecule has 1 heterocycles. The lowest BCUT2D eigenvalue weighted by atomic mass is 9.96. The molecule has 7 heteroatoms. The fourth-order valence-corrected chi connectivity index (χ4v) is 3.22. The average molecular weight is 399 g/mol. The van der Waals surface area contributed by atoms with E-state index in [1.165, 1.54) is 0 Å². The number of amides is 2. The zero-order valence-electron chi connectivity index (χ0n) is 13.0. The number of thioether (sulfide) groups is 1. The maximum Gasteiger partial charge on any atom is 0.338 e. The number of rotatable bonds is 6. The number of benzene rings is 1. The van der Waals surface area contributed by atoms with Gasteiger partial charge in [0.05, 0.1) is 11.6 Å². The molecule has 2 N–H and O–H groups in total. The first-order valence-corrected chi connectivity index (χ1v) is 9.26. The maximum atomic E-state index is 12.5. The number of hydrogen-bond donors (Lipinski definition) is 2. The Kier molecular flexibility index (Phi) is 6.53. The monoisotopic (exact) mass is 398 g/mol. The lowest BCUT2D eigenvalue weighted by molar-refractivity contribution is -0.138. The first-order valence-electron chi connectivity index (χ1n) is 7.31. The van der Waals surface area contributed by atoms with Crippen LogP contribution in [0.15, 0.2) is 40.0 Å². The number of allylic oxidation sites excluding steroid dienone is 1. The highest BCUT2D eigenvalue weighted by Gasteiger charge is 2.32. The summed E-state index contributed by atoms with van der Waals surface area (Å²) in [6, 6.07) is 6.66. The predicted molar refractivity (Wildman–Crippen MR) is 95.2 cm³/mol. The summed E-state index contributed by atoms with van der Waals surface area (Å²) in [7, 11) is 0. The summed E-state index contributed by atoms with van der Waals surface area (Å²) in [5.41, 5.74) is 1.78. The fourth-order valence-electron chi connectivity index (χ4n) is 2.32. The SMILES string of the molecule is CCSCCOC(=O)C1=C(C)NC(=O)N[C@H]1c1cccc(Br)c1. The lowest BCUT2D eigenvalue weighted by Crippen LogP contribution is -2.45. The van der Waals surface area contributed by atoms with Crippen molar-refractivity contribution in [2.75, 3.05) is 18.1 Å². The lowest BCUT2D eigenvalue weighted by Gasteiger charge is -2.28. The van der Waals surface area contributed by atoms with Gasteiger partial charge in [-0.25, -0.2) is 9.59 Å². The number of carbonyl (C=O) groups excluding carboxylic acids is 2. The van der Waals surface area contributed by atoms with Gasteiger partial charge >= 0.3 is 12.0 Å². The summed E-state index contributed by atoms with van der Waals surface area (Å²) in [5, 5.41) is 5.43. The molecule has 0 aromatic heterocycles. The third kappa shape index (κ3) is 4.75. The molecular weight excluding hydrogens is 380 g/mol. The molecule has 23 heavy (non-hydrogen) atoms. The summed E-state index contributed by atoms with van der Waals surface area (Å²) >= 11 is 5.12. The summed E-state index contributed by atoms with van der Waals surface area (Å²) in [6.45, 7) is 4.12. The van der Waals surface area contributed by atoms with Crippen LogP contribution in [0.2, 0.25) is 0 Å². The van der Waals surface area contributed by atoms with Gasteiger partial charge in [0.15, 0.2) is 0 Å². The Labute approximate surface area is 148 Å². The molecule has 1 atom stereocenters. The van der Waals surface area contributed by atoms with Crippen LogP contribution in [0.25, 0.3) is 0 Å². The molecule has 0 bridgehead atoms. The van der Waals surface area contributed by atoms with Crippen molar-refractivity contribution >= 4 is 39.7 Å². The summed E-state index contributed by atoms with van der Waals surface area (Å²) < 4.78 is 6.23. The van der Waals surface area contributed by atoms with Gasteiger partial charge in [-0.15, -0.1) is 0 Å². The van der Waals surface area contributed by atoms with Crippen molar-refractivity contribution in [3.63, 3.8) is 0 Å². The van der Waals surface area contributed by atoms with Crippen LogP contribution in [0.4, 0.5) is 4.79 Å². The minimum absolute atomic E-state index is 0.328. The zero-order valence-corrected chi connectivity index (χ0v) is 15.4. The van der Waals surface area contributed by atoms with Gasteiger partial charge in [-0.2, -0.15) is 11.8 Å². The van der Waals surface area contributed by atoms with Crippen molar-refractivity contribution in [1.29, 1.82) is 0 Å². The first kappa shape index (κ1) is 17.9. The molecular formula is C16H19BrN2O3S. The molecule has 0 fully saturated rings. The standard InChI is InChI=1S/C16H19BrN2O3S/c1-3-23-8-7-22-15(20)13-10(2)18-16(21)19-14(13)11-5-4-6-12(17)9-11/h4-6,9,14H,3,7-8H2,1-2H3,(H2,18,19,21)/t14-/m0/s1. The Hall–Kier alpha value is -1.47. The van der Waals surface area contributed by atoms with Crippen LogP contribution in [0.3, 0.4) is 0 Å². The molecule has 2 rings (SSSR count). The van der Waals surface area contributed by atoms with E-state index in [0.29, 0.717) is 17.9 Å². The summed E-state index contributed by atoms with van der Waals surface area (Å²) in [5.74, 6) is 1.34. The summed E-state index contributed by atoms with van der Waals surface area (Å²) in [6.07, 6.45) is 0. The number of urea groups is 1. The van der Waals surface area contributed by atoms with Crippen LogP contribution in [-0.2, 0) is 9.53 Å². The molecule has 1 aromatic carbocycles. The molecule has 1 aliphatic heterocycles. The van der Waals surface area contributed by atoms with E-state index in [2.05, 4.69) is 33.5 Å². The van der Waals surface area contributed by atoms with Gasteiger partial charge in [0, 0.05) is 15.9 Å². The Morgan fingerprint density at radius 1 is 1.43 bits per heavy atom. The van der Waals surface area contributed by atoms with Gasteiger partial charge in [-0.05, 0) is 30.4 Å². The number of hydrogen-bond acceptors (Lipinski definition) is 4. The van der Waals surface area contributed by atoms with Gasteiger partial charge < -0.3 is 15.4 Å². The van der Waals surface area contributed by atoms with Gasteiger partial charge in [-0.3, -0.25) is 0 Å². The zero-order chi connectivity index (χ0) is 16.8. The number of halogens is 1. The molecule has 0 spiro atoms. The van der Waals surface area contributed by atoms with E-state index in [9.17, 15) is 9.59 Å². The second kappa shape index (κ2) is 8.40. The smallest absolute Gasteiger partial charge is 0.338 e. The molecule has 5 nitrogen and oxygen atoms in total. The van der Waals surface area contributed by atoms with Gasteiger partial charge in [0.1, 0.15) is 6.61 Å². The highest BCUT2D eigenvalue weighted by atomic mass is 79.9. The van der Waals surface area contributed by atoms with Crippen LogP contribution >= 0.6 is 27.7 Å². The van der Waals surface area contributed by atoms with E-state index in [0.717, 1.165) is 21.5 Å². The van der Waals surface area contributed by atoms with E-state index in [1.807, 2.05) is 24.3 Å². The maximum absolute atomic E-state index is 12.5. The molecule has 0 aliphatic carbocycles. The Bertz CT molecular complexity index is 634. The first-order chi connectivity index (χ1) is 11.0.